The molecule has 0 heterocycles. The van der Waals surface area contributed by atoms with Crippen LogP contribution in [0.25, 0.3) is 0 Å². The minimum Gasteiger partial charge on any atom is -0.380 e. The van der Waals surface area contributed by atoms with Gasteiger partial charge in [-0.15, -0.1) is 0 Å². The van der Waals surface area contributed by atoms with Crippen molar-refractivity contribution in [2.45, 2.75) is 31.8 Å². The van der Waals surface area contributed by atoms with Gasteiger partial charge < -0.3 is 24.2 Å². The third-order valence-electron chi connectivity index (χ3n) is 1.51. The Hall–Kier alpha value is -0.780. The fraction of sp³-hybridized carbons (Fsp3) is 0.750. The SMILES string of the molecule is CCC(C=O)O[C@@H](OC)[C@@H](O)C=O. The molecule has 76 valence electrons. The molecule has 0 amide bonds. The number of aliphatic hydroxyl groups excluding tert-OH is 1. The van der Waals surface area contributed by atoms with Gasteiger partial charge in [0.25, 0.3) is 0 Å². The van der Waals surface area contributed by atoms with E-state index in [9.17, 15) is 9.59 Å². The summed E-state index contributed by atoms with van der Waals surface area (Å²) in [5.41, 5.74) is 0. The molecular weight excluding hydrogens is 176 g/mol. The lowest BCUT2D eigenvalue weighted by Crippen LogP contribution is -2.35. The van der Waals surface area contributed by atoms with Crippen molar-refractivity contribution in [3.05, 3.63) is 0 Å². The monoisotopic (exact) mass is 190 g/mol. The molecule has 13 heavy (non-hydrogen) atoms. The number of carbonyl (C=O) groups excluding carboxylic acids is 2. The summed E-state index contributed by atoms with van der Waals surface area (Å²) in [6.45, 7) is 1.75. The predicted molar refractivity (Wildman–Crippen MR) is 44.1 cm³/mol. The highest BCUT2D eigenvalue weighted by atomic mass is 16.7. The minimum absolute atomic E-state index is 0.297. The summed E-state index contributed by atoms with van der Waals surface area (Å²) < 4.78 is 9.65. The van der Waals surface area contributed by atoms with Crippen LogP contribution in [-0.2, 0) is 19.1 Å². The molecule has 5 heteroatoms. The second kappa shape index (κ2) is 6.71. The summed E-state index contributed by atoms with van der Waals surface area (Å²) in [7, 11) is 1.29. The molecule has 0 aromatic rings. The van der Waals surface area contributed by atoms with E-state index in [1.54, 1.807) is 6.92 Å². The van der Waals surface area contributed by atoms with Gasteiger partial charge in [0.1, 0.15) is 12.4 Å². The maximum atomic E-state index is 10.3. The van der Waals surface area contributed by atoms with Crippen molar-refractivity contribution in [1.82, 2.24) is 0 Å². The van der Waals surface area contributed by atoms with Crippen LogP contribution < -0.4 is 0 Å². The van der Waals surface area contributed by atoms with Gasteiger partial charge >= 0.3 is 0 Å². The third-order valence-corrected chi connectivity index (χ3v) is 1.51. The zero-order chi connectivity index (χ0) is 10.3. The highest BCUT2D eigenvalue weighted by molar-refractivity contribution is 5.57. The molecule has 0 saturated carbocycles. The first-order chi connectivity index (χ1) is 6.19. The number of ether oxygens (including phenoxy) is 2. The topological polar surface area (TPSA) is 72.8 Å². The molecule has 0 aliphatic heterocycles. The smallest absolute Gasteiger partial charge is 0.190 e. The van der Waals surface area contributed by atoms with Crippen molar-refractivity contribution < 1.29 is 24.2 Å². The van der Waals surface area contributed by atoms with Gasteiger partial charge in [-0.1, -0.05) is 6.92 Å². The molecule has 0 aromatic carbocycles. The van der Waals surface area contributed by atoms with Crippen molar-refractivity contribution in [3.8, 4) is 0 Å². The Morgan fingerprint density at radius 2 is 2.00 bits per heavy atom. The Morgan fingerprint density at radius 3 is 2.31 bits per heavy atom. The largest absolute Gasteiger partial charge is 0.380 e. The van der Waals surface area contributed by atoms with Gasteiger partial charge in [-0.05, 0) is 6.42 Å². The molecule has 0 rings (SSSR count). The van der Waals surface area contributed by atoms with Gasteiger partial charge in [0, 0.05) is 7.11 Å². The van der Waals surface area contributed by atoms with Crippen molar-refractivity contribution in [1.29, 1.82) is 0 Å². The molecule has 0 fully saturated rings. The van der Waals surface area contributed by atoms with Crippen LogP contribution in [0.3, 0.4) is 0 Å². The van der Waals surface area contributed by atoms with E-state index in [1.807, 2.05) is 0 Å². The van der Waals surface area contributed by atoms with Gasteiger partial charge in [-0.2, -0.15) is 0 Å². The number of hydrogen-bond donors (Lipinski definition) is 1. The summed E-state index contributed by atoms with van der Waals surface area (Å²) in [5.74, 6) is 0. The maximum Gasteiger partial charge on any atom is 0.190 e. The zero-order valence-electron chi connectivity index (χ0n) is 7.67. The van der Waals surface area contributed by atoms with Crippen molar-refractivity contribution in [2.24, 2.45) is 0 Å². The molecule has 0 radical (unpaired) electrons. The Kier molecular flexibility index (Phi) is 6.30. The van der Waals surface area contributed by atoms with Crippen molar-refractivity contribution in [2.75, 3.05) is 7.11 Å². The van der Waals surface area contributed by atoms with E-state index in [-0.39, 0.29) is 0 Å². The Morgan fingerprint density at radius 1 is 1.38 bits per heavy atom. The average Bonchev–Trinajstić information content (AvgIpc) is 2.19. The molecule has 5 nitrogen and oxygen atoms in total. The fourth-order valence-electron chi connectivity index (χ4n) is 0.736. The maximum absolute atomic E-state index is 10.3. The van der Waals surface area contributed by atoms with Gasteiger partial charge in [0.15, 0.2) is 18.7 Å². The standard InChI is InChI=1S/C8H14O5/c1-3-6(4-9)13-8(12-2)7(11)5-10/h4-8,11H,3H2,1-2H3/t6?,7-,8+/m0/s1. The first-order valence-corrected chi connectivity index (χ1v) is 3.96. The van der Waals surface area contributed by atoms with Gasteiger partial charge in [0.2, 0.25) is 0 Å². The lowest BCUT2D eigenvalue weighted by atomic mass is 10.3. The van der Waals surface area contributed by atoms with E-state index in [0.29, 0.717) is 19.0 Å². The van der Waals surface area contributed by atoms with Crippen LogP contribution >= 0.6 is 0 Å². The quantitative estimate of drug-likeness (QED) is 0.433. The number of aliphatic hydroxyl groups is 1. The second-order valence-electron chi connectivity index (χ2n) is 2.45. The van der Waals surface area contributed by atoms with Crippen molar-refractivity contribution >= 4 is 12.6 Å². The normalized spacial score (nSPS) is 17.5. The second-order valence-corrected chi connectivity index (χ2v) is 2.45. The van der Waals surface area contributed by atoms with Crippen LogP contribution in [0.4, 0.5) is 0 Å². The fourth-order valence-corrected chi connectivity index (χ4v) is 0.736. The number of methoxy groups -OCH3 is 1. The van der Waals surface area contributed by atoms with Gasteiger partial charge in [-0.25, -0.2) is 0 Å². The summed E-state index contributed by atoms with van der Waals surface area (Å²) in [4.78, 5) is 20.5. The summed E-state index contributed by atoms with van der Waals surface area (Å²) >= 11 is 0. The van der Waals surface area contributed by atoms with Crippen LogP contribution in [0, 0.1) is 0 Å². The van der Waals surface area contributed by atoms with E-state index in [0.717, 1.165) is 0 Å². The highest BCUT2D eigenvalue weighted by Gasteiger charge is 2.21. The Balaban J connectivity index is 4.09. The van der Waals surface area contributed by atoms with E-state index >= 15 is 0 Å². The summed E-state index contributed by atoms with van der Waals surface area (Å²) in [6, 6.07) is 0. The Labute approximate surface area is 76.6 Å². The number of rotatable bonds is 7. The zero-order valence-corrected chi connectivity index (χ0v) is 7.67. The molecule has 0 aliphatic rings. The number of carbonyl (C=O) groups is 2. The molecule has 0 spiro atoms. The third kappa shape index (κ3) is 4.12. The molecular formula is C8H14O5. The summed E-state index contributed by atoms with van der Waals surface area (Å²) in [6.07, 6.45) is -1.73. The minimum atomic E-state index is -1.36. The predicted octanol–water partition coefficient (Wildman–Crippen LogP) is -0.487. The lowest BCUT2D eigenvalue weighted by molar-refractivity contribution is -0.196. The molecule has 1 unspecified atom stereocenters. The first-order valence-electron chi connectivity index (χ1n) is 3.96. The first kappa shape index (κ1) is 12.2. The van der Waals surface area contributed by atoms with Gasteiger partial charge in [-0.3, -0.25) is 0 Å². The van der Waals surface area contributed by atoms with Crippen LogP contribution in [0.15, 0.2) is 0 Å². The van der Waals surface area contributed by atoms with Crippen LogP contribution in [0.1, 0.15) is 13.3 Å². The highest BCUT2D eigenvalue weighted by Crippen LogP contribution is 2.04. The van der Waals surface area contributed by atoms with Crippen LogP contribution in [0.5, 0.6) is 0 Å². The molecule has 0 aliphatic carbocycles. The Bertz CT molecular complexity index is 159. The molecule has 1 N–H and O–H groups in total. The van der Waals surface area contributed by atoms with Crippen LogP contribution in [0.2, 0.25) is 0 Å². The lowest BCUT2D eigenvalue weighted by Gasteiger charge is -2.20. The molecule has 3 atom stereocenters. The van der Waals surface area contributed by atoms with E-state index in [1.165, 1.54) is 7.11 Å². The van der Waals surface area contributed by atoms with E-state index < -0.39 is 18.5 Å². The molecule has 0 bridgehead atoms. The molecule has 0 saturated heterocycles. The van der Waals surface area contributed by atoms with E-state index in [4.69, 9.17) is 9.84 Å². The summed E-state index contributed by atoms with van der Waals surface area (Å²) in [5, 5.41) is 9.02. The van der Waals surface area contributed by atoms with E-state index in [2.05, 4.69) is 4.74 Å². The number of hydrogen-bond acceptors (Lipinski definition) is 5. The molecule has 0 aromatic heterocycles. The van der Waals surface area contributed by atoms with Crippen molar-refractivity contribution in [3.63, 3.8) is 0 Å². The van der Waals surface area contributed by atoms with Crippen LogP contribution in [-0.4, -0.2) is 43.3 Å². The van der Waals surface area contributed by atoms with Gasteiger partial charge in [0.05, 0.1) is 0 Å². The average molecular weight is 190 g/mol. The number of aldehydes is 2.